The second kappa shape index (κ2) is 8.19. The zero-order valence-electron chi connectivity index (χ0n) is 14.8. The van der Waals surface area contributed by atoms with Crippen molar-refractivity contribution in [3.05, 3.63) is 47.3 Å². The third-order valence-electron chi connectivity index (χ3n) is 4.57. The van der Waals surface area contributed by atoms with E-state index in [1.807, 2.05) is 17.9 Å². The number of piperazine rings is 1. The van der Waals surface area contributed by atoms with Gasteiger partial charge in [-0.1, -0.05) is 6.07 Å². The number of hydrogen-bond donors (Lipinski definition) is 1. The average molecular weight is 405 g/mol. The van der Waals surface area contributed by atoms with Gasteiger partial charge in [0.2, 0.25) is 5.91 Å². The fourth-order valence-corrected chi connectivity index (χ4v) is 5.48. The molecule has 0 spiro atoms. The first-order valence-electron chi connectivity index (χ1n) is 8.50. The number of sulfonamides is 1. The molecule has 7 nitrogen and oxygen atoms in total. The zero-order chi connectivity index (χ0) is 19.4. The lowest BCUT2D eigenvalue weighted by Gasteiger charge is -2.36. The summed E-state index contributed by atoms with van der Waals surface area (Å²) < 4.78 is 27.0. The van der Waals surface area contributed by atoms with E-state index in [4.69, 9.17) is 5.26 Å². The molecule has 1 atom stereocenters. The van der Waals surface area contributed by atoms with Crippen LogP contribution in [0, 0.1) is 11.3 Å². The van der Waals surface area contributed by atoms with Gasteiger partial charge in [0.15, 0.2) is 0 Å². The molecule has 1 N–H and O–H groups in total. The Hall–Kier alpha value is -2.25. The minimum absolute atomic E-state index is 0.158. The third-order valence-corrected chi connectivity index (χ3v) is 7.84. The molecule has 142 valence electrons. The van der Waals surface area contributed by atoms with Crippen LogP contribution < -0.4 is 5.32 Å². The number of hydrogen-bond acceptors (Lipinski definition) is 6. The van der Waals surface area contributed by atoms with Crippen LogP contribution in [-0.4, -0.2) is 55.8 Å². The van der Waals surface area contributed by atoms with Crippen molar-refractivity contribution in [2.24, 2.45) is 0 Å². The van der Waals surface area contributed by atoms with Gasteiger partial charge in [-0.25, -0.2) is 8.42 Å². The highest BCUT2D eigenvalue weighted by Crippen LogP contribution is 2.22. The smallest absolute Gasteiger partial charge is 0.252 e. The fourth-order valence-electron chi connectivity index (χ4n) is 2.91. The molecular weight excluding hydrogens is 384 g/mol. The number of nitriles is 1. The summed E-state index contributed by atoms with van der Waals surface area (Å²) in [6.45, 7) is 3.50. The molecule has 1 aliphatic rings. The van der Waals surface area contributed by atoms with Crippen molar-refractivity contribution >= 4 is 33.0 Å². The van der Waals surface area contributed by atoms with Crippen molar-refractivity contribution in [3.63, 3.8) is 0 Å². The number of nitrogens with one attached hydrogen (secondary N) is 1. The Morgan fingerprint density at radius 2 is 1.85 bits per heavy atom. The number of thiophene rings is 1. The Labute approximate surface area is 162 Å². The predicted molar refractivity (Wildman–Crippen MR) is 104 cm³/mol. The van der Waals surface area contributed by atoms with Crippen LogP contribution in [0.25, 0.3) is 0 Å². The number of carbonyl (C=O) groups excluding carboxylic acids is 1. The molecule has 0 saturated carbocycles. The number of carbonyl (C=O) groups is 1. The summed E-state index contributed by atoms with van der Waals surface area (Å²) in [6, 6.07) is 11.7. The first-order valence-corrected chi connectivity index (χ1v) is 10.8. The van der Waals surface area contributed by atoms with Gasteiger partial charge < -0.3 is 5.32 Å². The van der Waals surface area contributed by atoms with Gasteiger partial charge in [0.05, 0.1) is 17.7 Å². The van der Waals surface area contributed by atoms with Gasteiger partial charge in [-0.05, 0) is 42.6 Å². The highest BCUT2D eigenvalue weighted by Gasteiger charge is 2.32. The first-order chi connectivity index (χ1) is 12.9. The Kier molecular flexibility index (Phi) is 5.92. The summed E-state index contributed by atoms with van der Waals surface area (Å²) >= 11 is 1.21. The third kappa shape index (κ3) is 4.36. The summed E-state index contributed by atoms with van der Waals surface area (Å²) in [5, 5.41) is 13.4. The van der Waals surface area contributed by atoms with E-state index in [0.717, 1.165) is 0 Å². The first kappa shape index (κ1) is 19.5. The molecule has 0 bridgehead atoms. The topological polar surface area (TPSA) is 93.5 Å². The molecule has 0 aliphatic carbocycles. The molecule has 3 rings (SSSR count). The minimum atomic E-state index is -3.44. The van der Waals surface area contributed by atoms with Crippen molar-refractivity contribution < 1.29 is 13.2 Å². The molecule has 1 fully saturated rings. The van der Waals surface area contributed by atoms with Gasteiger partial charge in [0, 0.05) is 31.9 Å². The van der Waals surface area contributed by atoms with Crippen LogP contribution in [0.15, 0.2) is 46.0 Å². The number of nitrogens with zero attached hydrogens (tertiary/aromatic N) is 3. The molecule has 1 amide bonds. The molecule has 0 unspecified atom stereocenters. The lowest BCUT2D eigenvalue weighted by Crippen LogP contribution is -2.53. The van der Waals surface area contributed by atoms with E-state index in [1.54, 1.807) is 41.8 Å². The lowest BCUT2D eigenvalue weighted by atomic mass is 10.2. The van der Waals surface area contributed by atoms with E-state index in [2.05, 4.69) is 5.32 Å². The summed E-state index contributed by atoms with van der Waals surface area (Å²) in [6.07, 6.45) is 0. The molecule has 1 saturated heterocycles. The monoisotopic (exact) mass is 404 g/mol. The quantitative estimate of drug-likeness (QED) is 0.822. The largest absolute Gasteiger partial charge is 0.325 e. The zero-order valence-corrected chi connectivity index (χ0v) is 16.5. The molecule has 2 aromatic rings. The van der Waals surface area contributed by atoms with E-state index in [-0.39, 0.29) is 11.9 Å². The normalized spacial score (nSPS) is 17.2. The maximum absolute atomic E-state index is 12.6. The Morgan fingerprint density at radius 3 is 2.41 bits per heavy atom. The number of rotatable bonds is 5. The summed E-state index contributed by atoms with van der Waals surface area (Å²) in [5.41, 5.74) is 1.16. The predicted octanol–water partition coefficient (Wildman–Crippen LogP) is 1.95. The van der Waals surface area contributed by atoms with Crippen LogP contribution in [-0.2, 0) is 14.8 Å². The number of amides is 1. The summed E-state index contributed by atoms with van der Waals surface area (Å²) in [4.78, 5) is 14.5. The molecule has 2 heterocycles. The maximum Gasteiger partial charge on any atom is 0.252 e. The van der Waals surface area contributed by atoms with Crippen molar-refractivity contribution in [2.75, 3.05) is 31.5 Å². The van der Waals surface area contributed by atoms with E-state index in [9.17, 15) is 13.2 Å². The molecular formula is C18H20N4O3S2. The highest BCUT2D eigenvalue weighted by atomic mass is 32.2. The Bertz CT molecular complexity index is 926. The molecule has 9 heteroatoms. The van der Waals surface area contributed by atoms with Gasteiger partial charge in [0.25, 0.3) is 10.0 Å². The maximum atomic E-state index is 12.6. The Morgan fingerprint density at radius 1 is 1.19 bits per heavy atom. The van der Waals surface area contributed by atoms with Crippen LogP contribution in [0.2, 0.25) is 0 Å². The fraction of sp³-hybridized carbons (Fsp3) is 0.333. The van der Waals surface area contributed by atoms with Gasteiger partial charge >= 0.3 is 0 Å². The number of anilines is 1. The summed E-state index contributed by atoms with van der Waals surface area (Å²) in [5.74, 6) is -0.158. The van der Waals surface area contributed by atoms with Crippen LogP contribution in [0.5, 0.6) is 0 Å². The van der Waals surface area contributed by atoms with Gasteiger partial charge in [0.1, 0.15) is 4.21 Å². The van der Waals surface area contributed by atoms with Crippen LogP contribution in [0.1, 0.15) is 12.5 Å². The lowest BCUT2D eigenvalue weighted by molar-refractivity contribution is -0.121. The van der Waals surface area contributed by atoms with Gasteiger partial charge in [-0.2, -0.15) is 9.57 Å². The number of benzene rings is 1. The van der Waals surface area contributed by atoms with Crippen LogP contribution >= 0.6 is 11.3 Å². The van der Waals surface area contributed by atoms with Gasteiger partial charge in [-0.3, -0.25) is 9.69 Å². The van der Waals surface area contributed by atoms with E-state index < -0.39 is 10.0 Å². The van der Waals surface area contributed by atoms with Crippen molar-refractivity contribution in [1.29, 1.82) is 5.26 Å². The van der Waals surface area contributed by atoms with E-state index in [1.165, 1.54) is 15.6 Å². The second-order valence-electron chi connectivity index (χ2n) is 6.23. The standard InChI is InChI=1S/C18H20N4O3S2/c1-14(18(23)20-16-6-4-15(13-19)5-7-16)21-8-10-22(11-9-21)27(24,25)17-3-2-12-26-17/h2-7,12,14H,8-11H2,1H3,(H,20,23)/t14-/m0/s1. The van der Waals surface area contributed by atoms with Crippen LogP contribution in [0.4, 0.5) is 5.69 Å². The highest BCUT2D eigenvalue weighted by molar-refractivity contribution is 7.91. The Balaban J connectivity index is 1.57. The molecule has 1 aromatic heterocycles. The van der Waals surface area contributed by atoms with Gasteiger partial charge in [-0.15, -0.1) is 11.3 Å². The second-order valence-corrected chi connectivity index (χ2v) is 9.34. The minimum Gasteiger partial charge on any atom is -0.325 e. The van der Waals surface area contributed by atoms with Crippen molar-refractivity contribution in [2.45, 2.75) is 17.2 Å². The molecule has 27 heavy (non-hydrogen) atoms. The van der Waals surface area contributed by atoms with Crippen molar-refractivity contribution in [1.82, 2.24) is 9.21 Å². The molecule has 1 aromatic carbocycles. The van der Waals surface area contributed by atoms with Crippen LogP contribution in [0.3, 0.4) is 0 Å². The van der Waals surface area contributed by atoms with E-state index >= 15 is 0 Å². The summed E-state index contributed by atoms with van der Waals surface area (Å²) in [7, 11) is -3.44. The van der Waals surface area contributed by atoms with Crippen molar-refractivity contribution in [3.8, 4) is 6.07 Å². The molecule has 0 radical (unpaired) electrons. The van der Waals surface area contributed by atoms with E-state index in [0.29, 0.717) is 41.6 Å². The molecule has 1 aliphatic heterocycles. The average Bonchev–Trinajstić information content (AvgIpc) is 3.24. The SMILES string of the molecule is C[C@@H](C(=O)Nc1ccc(C#N)cc1)N1CCN(S(=O)(=O)c2cccs2)CC1.